The maximum atomic E-state index is 12.7. The molecule has 6 heteroatoms. The fraction of sp³-hybridized carbons (Fsp3) is 0.0667. The molecule has 21 heavy (non-hydrogen) atoms. The Morgan fingerprint density at radius 1 is 1.29 bits per heavy atom. The van der Waals surface area contributed by atoms with Crippen LogP contribution in [0, 0.1) is 9.39 Å². The van der Waals surface area contributed by atoms with E-state index in [-0.39, 0.29) is 18.3 Å². The number of nitrogens with one attached hydrogen (secondary N) is 1. The van der Waals surface area contributed by atoms with Crippen molar-refractivity contribution in [2.24, 2.45) is 5.10 Å². The van der Waals surface area contributed by atoms with Crippen LogP contribution in [0.15, 0.2) is 53.6 Å². The van der Waals surface area contributed by atoms with Crippen molar-refractivity contribution in [2.45, 2.75) is 0 Å². The third-order valence-corrected chi connectivity index (χ3v) is 3.11. The van der Waals surface area contributed by atoms with Crippen LogP contribution in [-0.2, 0) is 4.79 Å². The molecule has 0 saturated heterocycles. The lowest BCUT2D eigenvalue weighted by Crippen LogP contribution is -2.24. The Kier molecular flexibility index (Phi) is 5.68. The third-order valence-electron chi connectivity index (χ3n) is 2.44. The lowest BCUT2D eigenvalue weighted by atomic mass is 10.2. The number of amides is 1. The van der Waals surface area contributed by atoms with E-state index in [0.717, 1.165) is 9.13 Å². The molecule has 0 unspecified atom stereocenters. The molecule has 4 nitrogen and oxygen atoms in total. The molecule has 0 bridgehead atoms. The molecule has 0 aliphatic rings. The summed E-state index contributed by atoms with van der Waals surface area (Å²) in [7, 11) is 0. The number of rotatable bonds is 5. The molecule has 2 aromatic rings. The van der Waals surface area contributed by atoms with Gasteiger partial charge in [-0.3, -0.25) is 4.79 Å². The summed E-state index contributed by atoms with van der Waals surface area (Å²) in [5, 5.41) is 3.84. The maximum absolute atomic E-state index is 12.7. The minimum Gasteiger partial charge on any atom is -0.484 e. The summed E-state index contributed by atoms with van der Waals surface area (Å²) in [5.74, 6) is -0.316. The van der Waals surface area contributed by atoms with Gasteiger partial charge in [0.05, 0.1) is 6.21 Å². The van der Waals surface area contributed by atoms with Gasteiger partial charge >= 0.3 is 0 Å². The number of hydrazone groups is 1. The summed E-state index contributed by atoms with van der Waals surface area (Å²) in [6.07, 6.45) is 1.55. The summed E-state index contributed by atoms with van der Waals surface area (Å²) >= 11 is 2.20. The van der Waals surface area contributed by atoms with Crippen LogP contribution >= 0.6 is 22.6 Å². The number of nitrogens with zero attached hydrogens (tertiary/aromatic N) is 1. The average molecular weight is 398 g/mol. The first-order chi connectivity index (χ1) is 10.1. The first kappa shape index (κ1) is 15.4. The highest BCUT2D eigenvalue weighted by Crippen LogP contribution is 2.10. The first-order valence-corrected chi connectivity index (χ1v) is 7.17. The van der Waals surface area contributed by atoms with E-state index in [0.29, 0.717) is 5.75 Å². The second-order valence-electron chi connectivity index (χ2n) is 4.09. The highest BCUT2D eigenvalue weighted by Gasteiger charge is 2.01. The van der Waals surface area contributed by atoms with Gasteiger partial charge in [-0.05, 0) is 64.6 Å². The maximum Gasteiger partial charge on any atom is 0.277 e. The average Bonchev–Trinajstić information content (AvgIpc) is 2.47. The summed E-state index contributed by atoms with van der Waals surface area (Å²) < 4.78 is 19.0. The van der Waals surface area contributed by atoms with Crippen molar-refractivity contribution in [3.8, 4) is 5.75 Å². The molecule has 0 heterocycles. The quantitative estimate of drug-likeness (QED) is 0.479. The fourth-order valence-corrected chi connectivity index (χ4v) is 2.04. The lowest BCUT2D eigenvalue weighted by molar-refractivity contribution is -0.123. The van der Waals surface area contributed by atoms with Crippen molar-refractivity contribution in [3.63, 3.8) is 0 Å². The van der Waals surface area contributed by atoms with Crippen LogP contribution < -0.4 is 10.2 Å². The second-order valence-corrected chi connectivity index (χ2v) is 5.34. The fourth-order valence-electron chi connectivity index (χ4n) is 1.48. The molecule has 0 radical (unpaired) electrons. The smallest absolute Gasteiger partial charge is 0.277 e. The zero-order valence-electron chi connectivity index (χ0n) is 10.9. The molecule has 1 amide bonds. The van der Waals surface area contributed by atoms with E-state index >= 15 is 0 Å². The van der Waals surface area contributed by atoms with Crippen LogP contribution in [0.2, 0.25) is 0 Å². The molecule has 0 saturated carbocycles. The van der Waals surface area contributed by atoms with Crippen molar-refractivity contribution < 1.29 is 13.9 Å². The minimum absolute atomic E-state index is 0.185. The summed E-state index contributed by atoms with van der Waals surface area (Å²) in [4.78, 5) is 11.5. The Bertz CT molecular complexity index is 644. The molecule has 0 atom stereocenters. The van der Waals surface area contributed by atoms with Gasteiger partial charge in [-0.1, -0.05) is 12.1 Å². The van der Waals surface area contributed by atoms with Gasteiger partial charge in [-0.15, -0.1) is 0 Å². The van der Waals surface area contributed by atoms with Gasteiger partial charge in [-0.2, -0.15) is 5.10 Å². The van der Waals surface area contributed by atoms with E-state index in [1.807, 2.05) is 24.3 Å². The van der Waals surface area contributed by atoms with E-state index in [9.17, 15) is 9.18 Å². The minimum atomic E-state index is -0.388. The molecule has 0 spiro atoms. The number of halogens is 2. The van der Waals surface area contributed by atoms with Crippen LogP contribution in [0.3, 0.4) is 0 Å². The summed E-state index contributed by atoms with van der Waals surface area (Å²) in [6, 6.07) is 13.1. The molecule has 1 N–H and O–H groups in total. The molecule has 0 aromatic heterocycles. The zero-order valence-corrected chi connectivity index (χ0v) is 13.1. The van der Waals surface area contributed by atoms with Crippen molar-refractivity contribution in [1.29, 1.82) is 0 Å². The molecule has 2 rings (SSSR count). The molecule has 2 aromatic carbocycles. The molecular formula is C15H12FIN2O2. The number of ether oxygens (including phenoxy) is 1. The van der Waals surface area contributed by atoms with E-state index in [2.05, 4.69) is 33.1 Å². The predicted molar refractivity (Wildman–Crippen MR) is 86.8 cm³/mol. The van der Waals surface area contributed by atoms with Crippen LogP contribution in [0.5, 0.6) is 5.75 Å². The van der Waals surface area contributed by atoms with Crippen molar-refractivity contribution in [1.82, 2.24) is 5.43 Å². The van der Waals surface area contributed by atoms with Gasteiger partial charge < -0.3 is 4.74 Å². The van der Waals surface area contributed by atoms with Gasteiger partial charge in [0.2, 0.25) is 0 Å². The Hall–Kier alpha value is -1.96. The van der Waals surface area contributed by atoms with Crippen LogP contribution in [0.4, 0.5) is 4.39 Å². The standard InChI is InChI=1S/C15H12FIN2O2/c16-12-4-6-14(7-5-12)21-10-15(20)19-18-9-11-2-1-3-13(17)8-11/h1-9H,10H2,(H,19,20). The number of hydrogen-bond acceptors (Lipinski definition) is 3. The largest absolute Gasteiger partial charge is 0.484 e. The van der Waals surface area contributed by atoms with E-state index in [4.69, 9.17) is 4.74 Å². The lowest BCUT2D eigenvalue weighted by Gasteiger charge is -2.04. The SMILES string of the molecule is O=C(COc1ccc(F)cc1)NN=Cc1cccc(I)c1. The highest BCUT2D eigenvalue weighted by molar-refractivity contribution is 14.1. The molecular weight excluding hydrogens is 386 g/mol. The van der Waals surface area contributed by atoms with Gasteiger partial charge in [0.25, 0.3) is 5.91 Å². The number of carbonyl (C=O) groups excluding carboxylic acids is 1. The monoisotopic (exact) mass is 398 g/mol. The van der Waals surface area contributed by atoms with Crippen LogP contribution in [0.25, 0.3) is 0 Å². The Morgan fingerprint density at radius 2 is 2.05 bits per heavy atom. The van der Waals surface area contributed by atoms with Crippen molar-refractivity contribution in [3.05, 3.63) is 63.5 Å². The van der Waals surface area contributed by atoms with Crippen LogP contribution in [-0.4, -0.2) is 18.7 Å². The first-order valence-electron chi connectivity index (χ1n) is 6.09. The summed E-state index contributed by atoms with van der Waals surface area (Å²) in [5.41, 5.74) is 3.25. The normalized spacial score (nSPS) is 10.6. The van der Waals surface area contributed by atoms with Gasteiger partial charge in [0.15, 0.2) is 6.61 Å². The number of hydrogen-bond donors (Lipinski definition) is 1. The van der Waals surface area contributed by atoms with Crippen molar-refractivity contribution in [2.75, 3.05) is 6.61 Å². The molecule has 108 valence electrons. The topological polar surface area (TPSA) is 50.7 Å². The molecule has 0 aliphatic heterocycles. The van der Waals surface area contributed by atoms with Gasteiger partial charge in [0, 0.05) is 3.57 Å². The van der Waals surface area contributed by atoms with Crippen molar-refractivity contribution >= 4 is 34.7 Å². The Labute approximate surface area is 135 Å². The predicted octanol–water partition coefficient (Wildman–Crippen LogP) is 2.96. The molecule has 0 fully saturated rings. The van der Waals surface area contributed by atoms with Gasteiger partial charge in [0.1, 0.15) is 11.6 Å². The van der Waals surface area contributed by atoms with E-state index in [1.54, 1.807) is 6.21 Å². The second kappa shape index (κ2) is 7.72. The molecule has 0 aliphatic carbocycles. The third kappa shape index (κ3) is 5.50. The summed E-state index contributed by atoms with van der Waals surface area (Å²) in [6.45, 7) is -0.185. The highest BCUT2D eigenvalue weighted by atomic mass is 127. The van der Waals surface area contributed by atoms with E-state index < -0.39 is 0 Å². The zero-order chi connectivity index (χ0) is 15.1. The number of benzene rings is 2. The van der Waals surface area contributed by atoms with Crippen LogP contribution in [0.1, 0.15) is 5.56 Å². The van der Waals surface area contributed by atoms with Gasteiger partial charge in [-0.25, -0.2) is 9.82 Å². The Balaban J connectivity index is 1.78. The van der Waals surface area contributed by atoms with E-state index in [1.165, 1.54) is 24.3 Å². The Morgan fingerprint density at radius 3 is 2.76 bits per heavy atom. The number of carbonyl (C=O) groups is 1.